The number of hydrogen-bond donors (Lipinski definition) is 1. The Morgan fingerprint density at radius 3 is 2.53 bits per heavy atom. The Morgan fingerprint density at radius 1 is 1.12 bits per heavy atom. The zero-order valence-electron chi connectivity index (χ0n) is 20.8. The first-order valence-electron chi connectivity index (χ1n) is 12.0. The van der Waals surface area contributed by atoms with E-state index in [1.54, 1.807) is 20.3 Å². The van der Waals surface area contributed by atoms with Crippen LogP contribution >= 0.6 is 0 Å². The van der Waals surface area contributed by atoms with Gasteiger partial charge in [0, 0.05) is 51.8 Å². The van der Waals surface area contributed by atoms with Gasteiger partial charge in [0.25, 0.3) is 5.56 Å². The van der Waals surface area contributed by atoms with Crippen molar-refractivity contribution in [3.8, 4) is 11.5 Å². The number of aromatic nitrogens is 2. The molecule has 1 N–H and O–H groups in total. The van der Waals surface area contributed by atoms with Gasteiger partial charge in [-0.1, -0.05) is 19.4 Å². The van der Waals surface area contributed by atoms with Gasteiger partial charge in [0.2, 0.25) is 11.9 Å². The van der Waals surface area contributed by atoms with Crippen molar-refractivity contribution in [3.05, 3.63) is 45.9 Å². The number of aromatic amines is 1. The van der Waals surface area contributed by atoms with Crippen molar-refractivity contribution in [3.63, 3.8) is 0 Å². The molecular formula is C25H37N5O4. The molecule has 1 aliphatic rings. The van der Waals surface area contributed by atoms with Gasteiger partial charge >= 0.3 is 0 Å². The number of carbonyl (C=O) groups excluding carboxylic acids is 1. The number of piperazine rings is 1. The lowest BCUT2D eigenvalue weighted by atomic mass is 10.1. The summed E-state index contributed by atoms with van der Waals surface area (Å²) in [4.78, 5) is 38.3. The number of amides is 1. The molecule has 3 rings (SSSR count). The Kier molecular flexibility index (Phi) is 9.33. The summed E-state index contributed by atoms with van der Waals surface area (Å²) in [7, 11) is 5.28. The number of methoxy groups -OCH3 is 2. The predicted molar refractivity (Wildman–Crippen MR) is 133 cm³/mol. The second-order valence-corrected chi connectivity index (χ2v) is 8.71. The van der Waals surface area contributed by atoms with Crippen LogP contribution in [0.25, 0.3) is 0 Å². The number of anilines is 1. The fourth-order valence-electron chi connectivity index (χ4n) is 4.09. The van der Waals surface area contributed by atoms with Gasteiger partial charge in [0.1, 0.15) is 0 Å². The molecule has 0 atom stereocenters. The molecule has 0 unspecified atom stereocenters. The summed E-state index contributed by atoms with van der Waals surface area (Å²) >= 11 is 0. The van der Waals surface area contributed by atoms with Crippen LogP contribution in [-0.4, -0.2) is 79.7 Å². The van der Waals surface area contributed by atoms with Crippen LogP contribution in [0.2, 0.25) is 0 Å². The second kappa shape index (κ2) is 12.4. The fourth-order valence-corrected chi connectivity index (χ4v) is 4.09. The number of carbonyl (C=O) groups is 1. The normalized spacial score (nSPS) is 13.9. The van der Waals surface area contributed by atoms with E-state index in [0.29, 0.717) is 50.8 Å². The number of hydrogen-bond acceptors (Lipinski definition) is 7. The first kappa shape index (κ1) is 25.6. The molecule has 1 aliphatic heterocycles. The number of unbranched alkanes of at least 4 members (excludes halogenated alkanes) is 1. The van der Waals surface area contributed by atoms with E-state index in [1.165, 1.54) is 0 Å². The van der Waals surface area contributed by atoms with Gasteiger partial charge < -0.3 is 24.2 Å². The summed E-state index contributed by atoms with van der Waals surface area (Å²) in [6.45, 7) is 6.10. The van der Waals surface area contributed by atoms with Crippen molar-refractivity contribution in [2.75, 3.05) is 58.9 Å². The molecule has 0 saturated carbocycles. The predicted octanol–water partition coefficient (Wildman–Crippen LogP) is 2.30. The molecule has 0 radical (unpaired) electrons. The van der Waals surface area contributed by atoms with E-state index in [1.807, 2.05) is 30.1 Å². The molecular weight excluding hydrogens is 434 g/mol. The van der Waals surface area contributed by atoms with Crippen molar-refractivity contribution in [2.45, 2.75) is 39.2 Å². The third-order valence-electron chi connectivity index (χ3n) is 6.12. The smallest absolute Gasteiger partial charge is 0.252 e. The number of ether oxygens (including phenoxy) is 2. The Hall–Kier alpha value is -3.07. The maximum Gasteiger partial charge on any atom is 0.252 e. The molecule has 9 heteroatoms. The lowest BCUT2D eigenvalue weighted by Gasteiger charge is -2.35. The van der Waals surface area contributed by atoms with Crippen molar-refractivity contribution < 1.29 is 14.3 Å². The van der Waals surface area contributed by atoms with Crippen LogP contribution in [0, 0.1) is 0 Å². The largest absolute Gasteiger partial charge is 0.493 e. The highest BCUT2D eigenvalue weighted by Crippen LogP contribution is 2.27. The molecule has 9 nitrogen and oxygen atoms in total. The van der Waals surface area contributed by atoms with Gasteiger partial charge in [-0.25, -0.2) is 4.98 Å². The Morgan fingerprint density at radius 2 is 1.85 bits per heavy atom. The van der Waals surface area contributed by atoms with Crippen LogP contribution < -0.4 is 19.9 Å². The average Bonchev–Trinajstić information content (AvgIpc) is 2.85. The van der Waals surface area contributed by atoms with Gasteiger partial charge in [0.15, 0.2) is 11.5 Å². The monoisotopic (exact) mass is 471 g/mol. The third kappa shape index (κ3) is 6.96. The molecule has 1 aromatic carbocycles. The second-order valence-electron chi connectivity index (χ2n) is 8.71. The van der Waals surface area contributed by atoms with Crippen LogP contribution in [-0.2, 0) is 17.8 Å². The first-order chi connectivity index (χ1) is 16.4. The van der Waals surface area contributed by atoms with E-state index in [2.05, 4.69) is 21.7 Å². The number of benzene rings is 1. The van der Waals surface area contributed by atoms with E-state index in [-0.39, 0.29) is 11.5 Å². The van der Waals surface area contributed by atoms with Crippen molar-refractivity contribution in [1.82, 2.24) is 19.8 Å². The number of nitrogens with one attached hydrogen (secondary N) is 1. The Bertz CT molecular complexity index is 1000. The molecule has 0 spiro atoms. The molecule has 0 bridgehead atoms. The number of likely N-dealkylation sites (N-methyl/N-ethyl adjacent to an activating group) is 1. The van der Waals surface area contributed by atoms with Crippen LogP contribution in [0.15, 0.2) is 29.1 Å². The molecule has 0 aliphatic carbocycles. The lowest BCUT2D eigenvalue weighted by molar-refractivity contribution is -0.131. The average molecular weight is 472 g/mol. The minimum Gasteiger partial charge on any atom is -0.493 e. The van der Waals surface area contributed by atoms with Crippen LogP contribution in [0.1, 0.15) is 37.4 Å². The summed E-state index contributed by atoms with van der Waals surface area (Å²) in [5.74, 6) is 2.23. The summed E-state index contributed by atoms with van der Waals surface area (Å²) in [6, 6.07) is 7.49. The summed E-state index contributed by atoms with van der Waals surface area (Å²) in [5, 5.41) is 0. The van der Waals surface area contributed by atoms with Crippen LogP contribution in [0.5, 0.6) is 11.5 Å². The van der Waals surface area contributed by atoms with Gasteiger partial charge in [-0.05, 0) is 37.6 Å². The molecule has 2 aromatic rings. The zero-order valence-corrected chi connectivity index (χ0v) is 20.8. The topological polar surface area (TPSA) is 91.0 Å². The molecule has 1 fully saturated rings. The summed E-state index contributed by atoms with van der Waals surface area (Å²) in [6.07, 6.45) is 3.39. The molecule has 1 amide bonds. The van der Waals surface area contributed by atoms with Gasteiger partial charge in [-0.2, -0.15) is 0 Å². The van der Waals surface area contributed by atoms with Gasteiger partial charge in [0.05, 0.1) is 19.9 Å². The highest BCUT2D eigenvalue weighted by Gasteiger charge is 2.22. The van der Waals surface area contributed by atoms with E-state index >= 15 is 0 Å². The van der Waals surface area contributed by atoms with Crippen molar-refractivity contribution in [2.24, 2.45) is 0 Å². The van der Waals surface area contributed by atoms with Crippen LogP contribution in [0.3, 0.4) is 0 Å². The standard InChI is InChI=1S/C25H37N5O4/c1-5-6-7-24(32)29-12-14-30(15-13-29)25-26-20(17-23(31)27-25)18-28(2)11-10-19-8-9-21(33-3)22(16-19)34-4/h8-9,16-17H,5-7,10-15,18H2,1-4H3,(H,26,27,31). The molecule has 186 valence electrons. The molecule has 34 heavy (non-hydrogen) atoms. The number of H-pyrrole nitrogens is 1. The lowest BCUT2D eigenvalue weighted by Crippen LogP contribution is -2.49. The Balaban J connectivity index is 1.56. The van der Waals surface area contributed by atoms with Gasteiger partial charge in [-0.3, -0.25) is 14.6 Å². The van der Waals surface area contributed by atoms with Crippen molar-refractivity contribution in [1.29, 1.82) is 0 Å². The molecule has 2 heterocycles. The SMILES string of the molecule is CCCCC(=O)N1CCN(c2nc(CN(C)CCc3ccc(OC)c(OC)c3)cc(=O)[nH]2)CC1. The Labute approximate surface area is 201 Å². The van der Waals surface area contributed by atoms with Crippen molar-refractivity contribution >= 4 is 11.9 Å². The maximum absolute atomic E-state index is 12.3. The summed E-state index contributed by atoms with van der Waals surface area (Å²) in [5.41, 5.74) is 1.72. The van der Waals surface area contributed by atoms with E-state index in [0.717, 1.165) is 42.8 Å². The number of rotatable bonds is 11. The maximum atomic E-state index is 12.3. The van der Waals surface area contributed by atoms with E-state index in [9.17, 15) is 9.59 Å². The third-order valence-corrected chi connectivity index (χ3v) is 6.12. The van der Waals surface area contributed by atoms with E-state index < -0.39 is 0 Å². The zero-order chi connectivity index (χ0) is 24.5. The fraction of sp³-hybridized carbons (Fsp3) is 0.560. The molecule has 1 aromatic heterocycles. The highest BCUT2D eigenvalue weighted by molar-refractivity contribution is 5.76. The van der Waals surface area contributed by atoms with E-state index in [4.69, 9.17) is 14.5 Å². The minimum atomic E-state index is -0.158. The van der Waals surface area contributed by atoms with Crippen LogP contribution in [0.4, 0.5) is 5.95 Å². The number of nitrogens with zero attached hydrogens (tertiary/aromatic N) is 4. The minimum absolute atomic E-state index is 0.158. The quantitative estimate of drug-likeness (QED) is 0.538. The highest BCUT2D eigenvalue weighted by atomic mass is 16.5. The first-order valence-corrected chi connectivity index (χ1v) is 12.0. The van der Waals surface area contributed by atoms with Gasteiger partial charge in [-0.15, -0.1) is 0 Å². The summed E-state index contributed by atoms with van der Waals surface area (Å²) < 4.78 is 10.7. The molecule has 1 saturated heterocycles.